The van der Waals surface area contributed by atoms with Crippen LogP contribution in [0.1, 0.15) is 10.4 Å². The van der Waals surface area contributed by atoms with Gasteiger partial charge in [0.05, 0.1) is 5.69 Å². The standard InChI is InChI=1S/C22H23N5O/c1-26-13-15-27(16-14-26)21(28)18-7-9-19(10-8-18)24-22-23-12-11-20(25-22)17-5-3-2-4-6-17/h2-12H,13-16H2,1H3,(H,23,24,25). The van der Waals surface area contributed by atoms with Crippen LogP contribution in [0.25, 0.3) is 11.3 Å². The van der Waals surface area contributed by atoms with Gasteiger partial charge in [0.2, 0.25) is 5.95 Å². The third-order valence-electron chi connectivity index (χ3n) is 4.90. The minimum atomic E-state index is 0.0852. The van der Waals surface area contributed by atoms with Crippen LogP contribution in [0.15, 0.2) is 66.9 Å². The van der Waals surface area contributed by atoms with Crippen molar-refractivity contribution in [3.63, 3.8) is 0 Å². The number of hydrogen-bond acceptors (Lipinski definition) is 5. The van der Waals surface area contributed by atoms with E-state index in [9.17, 15) is 4.79 Å². The molecular formula is C22H23N5O. The van der Waals surface area contributed by atoms with Crippen molar-refractivity contribution < 1.29 is 4.79 Å². The molecule has 0 saturated carbocycles. The summed E-state index contributed by atoms with van der Waals surface area (Å²) in [7, 11) is 2.08. The summed E-state index contributed by atoms with van der Waals surface area (Å²) in [4.78, 5) is 25.7. The summed E-state index contributed by atoms with van der Waals surface area (Å²) in [6, 6.07) is 19.4. The fourth-order valence-electron chi connectivity index (χ4n) is 3.21. The lowest BCUT2D eigenvalue weighted by atomic mass is 10.1. The number of hydrogen-bond donors (Lipinski definition) is 1. The molecule has 1 aromatic heterocycles. The Bertz CT molecular complexity index is 935. The van der Waals surface area contributed by atoms with Crippen LogP contribution < -0.4 is 5.32 Å². The number of nitrogens with zero attached hydrogens (tertiary/aromatic N) is 4. The van der Waals surface area contributed by atoms with Crippen LogP contribution >= 0.6 is 0 Å². The lowest BCUT2D eigenvalue weighted by Crippen LogP contribution is -2.47. The number of carbonyl (C=O) groups is 1. The van der Waals surface area contributed by atoms with Crippen LogP contribution in [-0.4, -0.2) is 58.9 Å². The third-order valence-corrected chi connectivity index (χ3v) is 4.90. The van der Waals surface area contributed by atoms with E-state index >= 15 is 0 Å². The summed E-state index contributed by atoms with van der Waals surface area (Å²) < 4.78 is 0. The molecule has 1 aliphatic heterocycles. The number of nitrogens with one attached hydrogen (secondary N) is 1. The van der Waals surface area contributed by atoms with Gasteiger partial charge in [-0.3, -0.25) is 4.79 Å². The maximum atomic E-state index is 12.6. The van der Waals surface area contributed by atoms with E-state index in [1.54, 1.807) is 6.20 Å². The van der Waals surface area contributed by atoms with E-state index in [1.807, 2.05) is 65.6 Å². The smallest absolute Gasteiger partial charge is 0.253 e. The quantitative estimate of drug-likeness (QED) is 0.761. The topological polar surface area (TPSA) is 61.4 Å². The first-order chi connectivity index (χ1) is 13.7. The second kappa shape index (κ2) is 8.19. The fourth-order valence-corrected chi connectivity index (χ4v) is 3.21. The molecule has 6 heteroatoms. The molecule has 1 amide bonds. The molecule has 1 saturated heterocycles. The predicted molar refractivity (Wildman–Crippen MR) is 111 cm³/mol. The first-order valence-electron chi connectivity index (χ1n) is 9.42. The van der Waals surface area contributed by atoms with Gasteiger partial charge in [-0.25, -0.2) is 9.97 Å². The summed E-state index contributed by atoms with van der Waals surface area (Å²) in [6.07, 6.45) is 1.74. The van der Waals surface area contributed by atoms with Gasteiger partial charge in [-0.05, 0) is 37.4 Å². The summed E-state index contributed by atoms with van der Waals surface area (Å²) in [5.41, 5.74) is 3.45. The molecule has 0 bridgehead atoms. The first kappa shape index (κ1) is 18.1. The Labute approximate surface area is 164 Å². The second-order valence-electron chi connectivity index (χ2n) is 6.93. The molecule has 6 nitrogen and oxygen atoms in total. The zero-order valence-electron chi connectivity index (χ0n) is 15.9. The molecule has 1 aliphatic rings. The van der Waals surface area contributed by atoms with Gasteiger partial charge < -0.3 is 15.1 Å². The minimum absolute atomic E-state index is 0.0852. The van der Waals surface area contributed by atoms with Crippen LogP contribution in [0.4, 0.5) is 11.6 Å². The lowest BCUT2D eigenvalue weighted by molar-refractivity contribution is 0.0664. The molecule has 28 heavy (non-hydrogen) atoms. The normalized spacial score (nSPS) is 14.7. The number of carbonyl (C=O) groups excluding carboxylic acids is 1. The highest BCUT2D eigenvalue weighted by atomic mass is 16.2. The van der Waals surface area contributed by atoms with Gasteiger partial charge in [-0.1, -0.05) is 30.3 Å². The van der Waals surface area contributed by atoms with Gasteiger partial charge in [0, 0.05) is 49.2 Å². The maximum absolute atomic E-state index is 12.6. The van der Waals surface area contributed by atoms with Gasteiger partial charge in [-0.15, -0.1) is 0 Å². The third kappa shape index (κ3) is 4.18. The largest absolute Gasteiger partial charge is 0.336 e. The van der Waals surface area contributed by atoms with Crippen molar-refractivity contribution in [1.82, 2.24) is 19.8 Å². The van der Waals surface area contributed by atoms with Gasteiger partial charge >= 0.3 is 0 Å². The lowest BCUT2D eigenvalue weighted by Gasteiger charge is -2.32. The van der Waals surface area contributed by atoms with E-state index in [-0.39, 0.29) is 5.91 Å². The summed E-state index contributed by atoms with van der Waals surface area (Å²) in [5.74, 6) is 0.612. The SMILES string of the molecule is CN1CCN(C(=O)c2ccc(Nc3nccc(-c4ccccc4)n3)cc2)CC1. The van der Waals surface area contributed by atoms with Gasteiger partial charge in [0.15, 0.2) is 0 Å². The van der Waals surface area contributed by atoms with Crippen LogP contribution in [0, 0.1) is 0 Å². The predicted octanol–water partition coefficient (Wildman–Crippen LogP) is 3.27. The van der Waals surface area contributed by atoms with Crippen molar-refractivity contribution in [3.8, 4) is 11.3 Å². The molecular weight excluding hydrogens is 350 g/mol. The van der Waals surface area contributed by atoms with Crippen LogP contribution in [0.3, 0.4) is 0 Å². The molecule has 1 N–H and O–H groups in total. The van der Waals surface area contributed by atoms with Crippen molar-refractivity contribution in [2.75, 3.05) is 38.5 Å². The van der Waals surface area contributed by atoms with E-state index < -0.39 is 0 Å². The van der Waals surface area contributed by atoms with Crippen molar-refractivity contribution >= 4 is 17.5 Å². The van der Waals surface area contributed by atoms with E-state index in [1.165, 1.54) is 0 Å². The Morgan fingerprint density at radius 2 is 1.64 bits per heavy atom. The number of likely N-dealkylation sites (N-methyl/N-ethyl adjacent to an activating group) is 1. The fraction of sp³-hybridized carbons (Fsp3) is 0.227. The highest BCUT2D eigenvalue weighted by Gasteiger charge is 2.20. The second-order valence-corrected chi connectivity index (χ2v) is 6.93. The zero-order chi connectivity index (χ0) is 19.3. The Kier molecular flexibility index (Phi) is 5.30. The van der Waals surface area contributed by atoms with Crippen LogP contribution in [0.5, 0.6) is 0 Å². The highest BCUT2D eigenvalue weighted by Crippen LogP contribution is 2.20. The Morgan fingerprint density at radius 1 is 0.929 bits per heavy atom. The molecule has 0 aliphatic carbocycles. The van der Waals surface area contributed by atoms with E-state index in [4.69, 9.17) is 0 Å². The van der Waals surface area contributed by atoms with E-state index in [0.29, 0.717) is 11.5 Å². The Balaban J connectivity index is 1.44. The summed E-state index contributed by atoms with van der Waals surface area (Å²) in [5, 5.41) is 3.21. The van der Waals surface area contributed by atoms with Gasteiger partial charge in [-0.2, -0.15) is 0 Å². The van der Waals surface area contributed by atoms with Crippen molar-refractivity contribution in [3.05, 3.63) is 72.4 Å². The number of anilines is 2. The number of benzene rings is 2. The van der Waals surface area contributed by atoms with Crippen LogP contribution in [0.2, 0.25) is 0 Å². The number of amides is 1. The Hall–Kier alpha value is -3.25. The van der Waals surface area contributed by atoms with Gasteiger partial charge in [0.1, 0.15) is 0 Å². The van der Waals surface area contributed by atoms with E-state index in [2.05, 4.69) is 27.2 Å². The summed E-state index contributed by atoms with van der Waals surface area (Å²) >= 11 is 0. The first-order valence-corrected chi connectivity index (χ1v) is 9.42. The molecule has 0 spiro atoms. The average molecular weight is 373 g/mol. The molecule has 4 rings (SSSR count). The number of piperazine rings is 1. The monoisotopic (exact) mass is 373 g/mol. The summed E-state index contributed by atoms with van der Waals surface area (Å²) in [6.45, 7) is 3.38. The molecule has 0 radical (unpaired) electrons. The molecule has 142 valence electrons. The molecule has 2 aromatic carbocycles. The van der Waals surface area contributed by atoms with Crippen molar-refractivity contribution in [1.29, 1.82) is 0 Å². The molecule has 1 fully saturated rings. The average Bonchev–Trinajstić information content (AvgIpc) is 2.75. The van der Waals surface area contributed by atoms with E-state index in [0.717, 1.165) is 43.1 Å². The molecule has 2 heterocycles. The van der Waals surface area contributed by atoms with Gasteiger partial charge in [0.25, 0.3) is 5.91 Å². The zero-order valence-corrected chi connectivity index (χ0v) is 15.9. The molecule has 0 unspecified atom stereocenters. The highest BCUT2D eigenvalue weighted by molar-refractivity contribution is 5.94. The van der Waals surface area contributed by atoms with Crippen LogP contribution in [-0.2, 0) is 0 Å². The molecule has 3 aromatic rings. The number of rotatable bonds is 4. The minimum Gasteiger partial charge on any atom is -0.336 e. The molecule has 0 atom stereocenters. The van der Waals surface area contributed by atoms with Crippen molar-refractivity contribution in [2.24, 2.45) is 0 Å². The van der Waals surface area contributed by atoms with Crippen molar-refractivity contribution in [2.45, 2.75) is 0 Å². The Morgan fingerprint density at radius 3 is 2.36 bits per heavy atom. The number of aromatic nitrogens is 2. The maximum Gasteiger partial charge on any atom is 0.253 e.